The van der Waals surface area contributed by atoms with Gasteiger partial charge in [-0.15, -0.1) is 0 Å². The number of aromatic nitrogens is 2. The molecular weight excluding hydrogens is 450 g/mol. The highest BCUT2D eigenvalue weighted by Crippen LogP contribution is 2.39. The van der Waals surface area contributed by atoms with Crippen molar-refractivity contribution in [1.82, 2.24) is 15.3 Å². The number of aryl methyl sites for hydroxylation is 1. The minimum atomic E-state index is 0.851. The van der Waals surface area contributed by atoms with Crippen molar-refractivity contribution in [1.29, 1.82) is 0 Å². The molecule has 2 heterocycles. The molecule has 0 bridgehead atoms. The molecule has 3 aromatic carbocycles. The van der Waals surface area contributed by atoms with Crippen LogP contribution in [-0.2, 0) is 32.1 Å². The van der Waals surface area contributed by atoms with Crippen LogP contribution in [-0.4, -0.2) is 23.1 Å². The highest BCUT2D eigenvalue weighted by Gasteiger charge is 2.22. The Morgan fingerprint density at radius 2 is 1.54 bits per heavy atom. The topological polar surface area (TPSA) is 37.8 Å². The number of allylic oxidation sites excluding steroid dienone is 2. The molecule has 7 rings (SSSR count). The first-order valence-corrected chi connectivity index (χ1v) is 13.8. The van der Waals surface area contributed by atoms with Crippen molar-refractivity contribution in [3.05, 3.63) is 125 Å². The van der Waals surface area contributed by atoms with E-state index >= 15 is 0 Å². The lowest BCUT2D eigenvalue weighted by Crippen LogP contribution is -2.28. The largest absolute Gasteiger partial charge is 0.317 e. The van der Waals surface area contributed by atoms with Crippen LogP contribution in [0.25, 0.3) is 16.7 Å². The van der Waals surface area contributed by atoms with E-state index in [0.717, 1.165) is 18.8 Å². The second kappa shape index (κ2) is 11.2. The number of fused-ring (bicyclic) bond motifs is 5. The summed E-state index contributed by atoms with van der Waals surface area (Å²) < 4.78 is 0. The van der Waals surface area contributed by atoms with Gasteiger partial charge in [-0.05, 0) is 120 Å². The van der Waals surface area contributed by atoms with E-state index < -0.39 is 0 Å². The summed E-state index contributed by atoms with van der Waals surface area (Å²) in [6.45, 7) is 2.37. The van der Waals surface area contributed by atoms with Gasteiger partial charge in [0.2, 0.25) is 0 Å². The van der Waals surface area contributed by atoms with Crippen LogP contribution < -0.4 is 5.32 Å². The fraction of sp³-hybridized carbons (Fsp3) is 0.294. The summed E-state index contributed by atoms with van der Waals surface area (Å²) in [4.78, 5) is 7.35. The molecular formula is C34H35N3. The van der Waals surface area contributed by atoms with E-state index in [1.807, 2.05) is 0 Å². The van der Waals surface area contributed by atoms with Crippen molar-refractivity contribution < 1.29 is 0 Å². The summed E-state index contributed by atoms with van der Waals surface area (Å²) in [5.74, 6) is 0.851. The monoisotopic (exact) mass is 485 g/mol. The van der Waals surface area contributed by atoms with Gasteiger partial charge in [0.05, 0.1) is 0 Å². The number of piperidine rings is 1. The van der Waals surface area contributed by atoms with Crippen LogP contribution in [0.2, 0.25) is 0 Å². The Morgan fingerprint density at radius 1 is 0.730 bits per heavy atom. The Hall–Kier alpha value is -3.56. The van der Waals surface area contributed by atoms with Gasteiger partial charge < -0.3 is 5.32 Å². The minimum Gasteiger partial charge on any atom is -0.317 e. The van der Waals surface area contributed by atoms with E-state index in [9.17, 15) is 0 Å². The molecule has 0 spiro atoms. The van der Waals surface area contributed by atoms with E-state index in [2.05, 4.69) is 82.0 Å². The third-order valence-electron chi connectivity index (χ3n) is 8.20. The number of nitrogens with zero attached hydrogens (tertiary/aromatic N) is 2. The summed E-state index contributed by atoms with van der Waals surface area (Å²) in [5.41, 5.74) is 13.6. The van der Waals surface area contributed by atoms with Crippen molar-refractivity contribution in [3.8, 4) is 11.1 Å². The molecule has 3 heteroatoms. The first kappa shape index (κ1) is 23.8. The van der Waals surface area contributed by atoms with Gasteiger partial charge in [0, 0.05) is 12.4 Å². The molecule has 3 aliphatic rings. The molecule has 1 aromatic heterocycles. The standard InChI is InChI=1S/C30H31N.C4H4N2/c1-2-4-27-24(3-1)9-13-30-28-12-10-25(20-26(28)11-14-29(27)30)23-7-5-21(6-8-23)19-22-15-17-31-18-16-22;1-2-5-4-6-3-1/h1-8,10-11,14,22,31H,9,12-13,15-20H2;1-4H. The molecule has 0 radical (unpaired) electrons. The SMILES string of the molecule is C1=C(c2ccc(CC3CCNCC3)cc2)Cc2ccc3c(c2C1)CCc1ccccc1-3.c1cncnc1. The number of hydrogen-bond acceptors (Lipinski definition) is 3. The molecule has 37 heavy (non-hydrogen) atoms. The Kier molecular flexibility index (Phi) is 7.23. The Labute approximate surface area is 220 Å². The molecule has 0 amide bonds. The first-order valence-electron chi connectivity index (χ1n) is 13.8. The minimum absolute atomic E-state index is 0.851. The molecule has 0 saturated carbocycles. The molecule has 1 saturated heterocycles. The van der Waals surface area contributed by atoms with E-state index in [1.165, 1.54) is 90.5 Å². The predicted octanol–water partition coefficient (Wildman–Crippen LogP) is 6.65. The number of rotatable bonds is 3. The van der Waals surface area contributed by atoms with Crippen molar-refractivity contribution in [2.45, 2.75) is 44.9 Å². The summed E-state index contributed by atoms with van der Waals surface area (Å²) in [5, 5.41) is 3.48. The van der Waals surface area contributed by atoms with Crippen LogP contribution >= 0.6 is 0 Å². The lowest BCUT2D eigenvalue weighted by molar-refractivity contribution is 0.372. The zero-order valence-electron chi connectivity index (χ0n) is 21.5. The van der Waals surface area contributed by atoms with Gasteiger partial charge >= 0.3 is 0 Å². The molecule has 4 aromatic rings. The molecule has 3 nitrogen and oxygen atoms in total. The molecule has 0 atom stereocenters. The molecule has 1 aliphatic heterocycles. The Bertz CT molecular complexity index is 1340. The van der Waals surface area contributed by atoms with Gasteiger partial charge in [0.25, 0.3) is 0 Å². The zero-order chi connectivity index (χ0) is 24.9. The average Bonchev–Trinajstić information content (AvgIpc) is 2.99. The second-order valence-corrected chi connectivity index (χ2v) is 10.5. The van der Waals surface area contributed by atoms with E-state index in [1.54, 1.807) is 29.6 Å². The highest BCUT2D eigenvalue weighted by molar-refractivity contribution is 5.78. The van der Waals surface area contributed by atoms with Crippen molar-refractivity contribution in [3.63, 3.8) is 0 Å². The van der Waals surface area contributed by atoms with Crippen molar-refractivity contribution in [2.24, 2.45) is 5.92 Å². The van der Waals surface area contributed by atoms with Crippen molar-refractivity contribution >= 4 is 5.57 Å². The number of benzene rings is 3. The molecule has 2 aliphatic carbocycles. The van der Waals surface area contributed by atoms with Crippen LogP contribution in [0.15, 0.2) is 91.5 Å². The summed E-state index contributed by atoms with van der Waals surface area (Å²) in [7, 11) is 0. The van der Waals surface area contributed by atoms with E-state index in [-0.39, 0.29) is 0 Å². The van der Waals surface area contributed by atoms with Gasteiger partial charge in [0.1, 0.15) is 6.33 Å². The summed E-state index contributed by atoms with van der Waals surface area (Å²) in [6.07, 6.45) is 15.7. The maximum atomic E-state index is 3.67. The number of hydrogen-bond donors (Lipinski definition) is 1. The highest BCUT2D eigenvalue weighted by atomic mass is 14.9. The van der Waals surface area contributed by atoms with Gasteiger partial charge in [-0.1, -0.05) is 66.7 Å². The quantitative estimate of drug-likeness (QED) is 0.353. The van der Waals surface area contributed by atoms with Crippen LogP contribution in [0.5, 0.6) is 0 Å². The van der Waals surface area contributed by atoms with Crippen LogP contribution in [0.1, 0.15) is 46.2 Å². The fourth-order valence-corrected chi connectivity index (χ4v) is 6.21. The van der Waals surface area contributed by atoms with Gasteiger partial charge in [-0.25, -0.2) is 9.97 Å². The molecule has 0 unspecified atom stereocenters. The van der Waals surface area contributed by atoms with Gasteiger partial charge in [0.15, 0.2) is 0 Å². The van der Waals surface area contributed by atoms with Gasteiger partial charge in [-0.3, -0.25) is 0 Å². The van der Waals surface area contributed by atoms with E-state index in [0.29, 0.717) is 0 Å². The van der Waals surface area contributed by atoms with Gasteiger partial charge in [-0.2, -0.15) is 0 Å². The van der Waals surface area contributed by atoms with Crippen molar-refractivity contribution in [2.75, 3.05) is 13.1 Å². The zero-order valence-corrected chi connectivity index (χ0v) is 21.5. The van der Waals surface area contributed by atoms with Crippen LogP contribution in [0.3, 0.4) is 0 Å². The normalized spacial score (nSPS) is 16.4. The third-order valence-corrected chi connectivity index (χ3v) is 8.20. The van der Waals surface area contributed by atoms with Crippen LogP contribution in [0.4, 0.5) is 0 Å². The molecule has 1 fully saturated rings. The lowest BCUT2D eigenvalue weighted by Gasteiger charge is -2.27. The average molecular weight is 486 g/mol. The first-order chi connectivity index (χ1) is 18.3. The summed E-state index contributed by atoms with van der Waals surface area (Å²) >= 11 is 0. The number of nitrogens with one attached hydrogen (secondary N) is 1. The van der Waals surface area contributed by atoms with E-state index in [4.69, 9.17) is 0 Å². The fourth-order valence-electron chi connectivity index (χ4n) is 6.21. The second-order valence-electron chi connectivity index (χ2n) is 10.5. The lowest BCUT2D eigenvalue weighted by atomic mass is 9.78. The Balaban J connectivity index is 0.000000372. The third kappa shape index (κ3) is 5.42. The van der Waals surface area contributed by atoms with Crippen LogP contribution in [0, 0.1) is 5.92 Å². The molecule has 186 valence electrons. The smallest absolute Gasteiger partial charge is 0.115 e. The molecule has 1 N–H and O–H groups in total. The Morgan fingerprint density at radius 3 is 2.30 bits per heavy atom. The maximum absolute atomic E-state index is 3.67. The maximum Gasteiger partial charge on any atom is 0.115 e. The summed E-state index contributed by atoms with van der Waals surface area (Å²) in [6, 6.07) is 25.0. The predicted molar refractivity (Wildman–Crippen MR) is 152 cm³/mol.